The van der Waals surface area contributed by atoms with Crippen molar-refractivity contribution in [3.63, 3.8) is 0 Å². The molecule has 1 fully saturated rings. The van der Waals surface area contributed by atoms with Crippen molar-refractivity contribution in [1.29, 1.82) is 0 Å². The standard InChI is InChI=1S/C12H10Cl3NO/c1-2-7-3-11(17)16(6-7)8-4-9(13)12(15)10(14)5-8/h2,4-5,7H,1,3,6H2. The molecule has 90 valence electrons. The maximum atomic E-state index is 11.8. The first kappa shape index (κ1) is 12.7. The third kappa shape index (κ3) is 2.44. The van der Waals surface area contributed by atoms with Crippen LogP contribution < -0.4 is 4.90 Å². The third-order valence-electron chi connectivity index (χ3n) is 2.77. The summed E-state index contributed by atoms with van der Waals surface area (Å²) < 4.78 is 0. The van der Waals surface area contributed by atoms with Crippen LogP contribution in [0.5, 0.6) is 0 Å². The summed E-state index contributed by atoms with van der Waals surface area (Å²) in [6.45, 7) is 4.31. The normalized spacial score (nSPS) is 19.8. The van der Waals surface area contributed by atoms with Gasteiger partial charge in [-0.15, -0.1) is 6.58 Å². The molecule has 0 bridgehead atoms. The van der Waals surface area contributed by atoms with Crippen LogP contribution in [0.3, 0.4) is 0 Å². The fourth-order valence-electron chi connectivity index (χ4n) is 1.84. The van der Waals surface area contributed by atoms with E-state index in [-0.39, 0.29) is 11.8 Å². The van der Waals surface area contributed by atoms with Crippen LogP contribution in [0.25, 0.3) is 0 Å². The topological polar surface area (TPSA) is 20.3 Å². The molecule has 17 heavy (non-hydrogen) atoms. The van der Waals surface area contributed by atoms with E-state index in [0.29, 0.717) is 33.7 Å². The van der Waals surface area contributed by atoms with Crippen LogP contribution in [-0.4, -0.2) is 12.5 Å². The first-order valence-electron chi connectivity index (χ1n) is 5.10. The van der Waals surface area contributed by atoms with E-state index < -0.39 is 0 Å². The second kappa shape index (κ2) is 4.89. The van der Waals surface area contributed by atoms with E-state index in [9.17, 15) is 4.79 Å². The predicted octanol–water partition coefficient (Wildman–Crippen LogP) is 4.19. The lowest BCUT2D eigenvalue weighted by atomic mass is 10.1. The van der Waals surface area contributed by atoms with E-state index in [2.05, 4.69) is 6.58 Å². The molecule has 1 aliphatic rings. The Morgan fingerprint density at radius 1 is 1.29 bits per heavy atom. The lowest BCUT2D eigenvalue weighted by molar-refractivity contribution is -0.117. The zero-order valence-electron chi connectivity index (χ0n) is 8.92. The van der Waals surface area contributed by atoms with Crippen LogP contribution in [0.15, 0.2) is 24.8 Å². The van der Waals surface area contributed by atoms with Crippen LogP contribution in [0, 0.1) is 5.92 Å². The Balaban J connectivity index is 2.35. The van der Waals surface area contributed by atoms with Crippen molar-refractivity contribution in [2.45, 2.75) is 6.42 Å². The van der Waals surface area contributed by atoms with E-state index in [0.717, 1.165) is 0 Å². The highest BCUT2D eigenvalue weighted by atomic mass is 35.5. The summed E-state index contributed by atoms with van der Waals surface area (Å²) in [6.07, 6.45) is 2.26. The SMILES string of the molecule is C=CC1CC(=O)N(c2cc(Cl)c(Cl)c(Cl)c2)C1. The molecule has 1 unspecified atom stereocenters. The number of amides is 1. The molecular formula is C12H10Cl3NO. The minimum absolute atomic E-state index is 0.0457. The molecule has 1 atom stereocenters. The maximum absolute atomic E-state index is 11.8. The van der Waals surface area contributed by atoms with Gasteiger partial charge >= 0.3 is 0 Å². The van der Waals surface area contributed by atoms with Gasteiger partial charge in [0.25, 0.3) is 0 Å². The van der Waals surface area contributed by atoms with Gasteiger partial charge in [0.2, 0.25) is 5.91 Å². The zero-order valence-corrected chi connectivity index (χ0v) is 11.2. The summed E-state index contributed by atoms with van der Waals surface area (Å²) >= 11 is 17.7. The Labute approximate surface area is 115 Å². The number of halogens is 3. The molecule has 0 aromatic heterocycles. The molecule has 5 heteroatoms. The molecule has 0 saturated carbocycles. The number of anilines is 1. The molecule has 0 spiro atoms. The minimum atomic E-state index is 0.0457. The Morgan fingerprint density at radius 3 is 2.35 bits per heavy atom. The van der Waals surface area contributed by atoms with Crippen LogP contribution in [0.2, 0.25) is 15.1 Å². The number of carbonyl (C=O) groups excluding carboxylic acids is 1. The maximum Gasteiger partial charge on any atom is 0.227 e. The van der Waals surface area contributed by atoms with E-state index in [1.54, 1.807) is 23.1 Å². The molecule has 1 aromatic rings. The molecule has 1 saturated heterocycles. The van der Waals surface area contributed by atoms with Crippen LogP contribution in [-0.2, 0) is 4.79 Å². The summed E-state index contributed by atoms with van der Waals surface area (Å²) in [5.41, 5.74) is 0.679. The van der Waals surface area contributed by atoms with Gasteiger partial charge in [-0.05, 0) is 12.1 Å². The number of hydrogen-bond donors (Lipinski definition) is 0. The van der Waals surface area contributed by atoms with Crippen molar-refractivity contribution in [3.8, 4) is 0 Å². The number of rotatable bonds is 2. The molecule has 1 heterocycles. The van der Waals surface area contributed by atoms with Crippen molar-refractivity contribution in [2.75, 3.05) is 11.4 Å². The molecule has 1 amide bonds. The van der Waals surface area contributed by atoms with Crippen LogP contribution in [0.4, 0.5) is 5.69 Å². The lowest BCUT2D eigenvalue weighted by Gasteiger charge is -2.17. The Morgan fingerprint density at radius 2 is 1.88 bits per heavy atom. The summed E-state index contributed by atoms with van der Waals surface area (Å²) in [7, 11) is 0. The second-order valence-electron chi connectivity index (χ2n) is 3.93. The van der Waals surface area contributed by atoms with Gasteiger partial charge in [-0.2, -0.15) is 0 Å². The second-order valence-corrected chi connectivity index (χ2v) is 5.12. The molecule has 1 aromatic carbocycles. The van der Waals surface area contributed by atoms with E-state index in [4.69, 9.17) is 34.8 Å². The molecule has 2 rings (SSSR count). The Kier molecular flexibility index (Phi) is 3.67. The molecular weight excluding hydrogens is 280 g/mol. The molecule has 0 radical (unpaired) electrons. The molecule has 0 N–H and O–H groups in total. The monoisotopic (exact) mass is 289 g/mol. The highest BCUT2D eigenvalue weighted by Gasteiger charge is 2.29. The van der Waals surface area contributed by atoms with Gasteiger partial charge in [0, 0.05) is 24.6 Å². The third-order valence-corrected chi connectivity index (χ3v) is 3.97. The largest absolute Gasteiger partial charge is 0.312 e. The Bertz CT molecular complexity index is 464. The van der Waals surface area contributed by atoms with Crippen LogP contribution >= 0.6 is 34.8 Å². The average Bonchev–Trinajstić information content (AvgIpc) is 2.67. The number of nitrogens with zero attached hydrogens (tertiary/aromatic N) is 1. The summed E-state index contributed by atoms with van der Waals surface area (Å²) in [4.78, 5) is 13.5. The van der Waals surface area contributed by atoms with Crippen molar-refractivity contribution < 1.29 is 4.79 Å². The number of carbonyl (C=O) groups is 1. The molecule has 2 nitrogen and oxygen atoms in total. The fourth-order valence-corrected chi connectivity index (χ4v) is 2.43. The van der Waals surface area contributed by atoms with Crippen molar-refractivity contribution >= 4 is 46.4 Å². The van der Waals surface area contributed by atoms with Gasteiger partial charge in [0.1, 0.15) is 0 Å². The predicted molar refractivity (Wildman–Crippen MR) is 72.1 cm³/mol. The average molecular weight is 291 g/mol. The minimum Gasteiger partial charge on any atom is -0.312 e. The van der Waals surface area contributed by atoms with Crippen molar-refractivity contribution in [3.05, 3.63) is 39.9 Å². The van der Waals surface area contributed by atoms with Gasteiger partial charge in [-0.1, -0.05) is 40.9 Å². The summed E-state index contributed by atoms with van der Waals surface area (Å²) in [5.74, 6) is 0.222. The van der Waals surface area contributed by atoms with E-state index in [1.807, 2.05) is 0 Å². The zero-order chi connectivity index (χ0) is 12.6. The Hall–Kier alpha value is -0.700. The highest BCUT2D eigenvalue weighted by molar-refractivity contribution is 6.48. The van der Waals surface area contributed by atoms with Gasteiger partial charge < -0.3 is 4.90 Å². The first-order valence-corrected chi connectivity index (χ1v) is 6.23. The molecule has 1 aliphatic heterocycles. The first-order chi connectivity index (χ1) is 8.02. The van der Waals surface area contributed by atoms with Gasteiger partial charge in [0.15, 0.2) is 0 Å². The summed E-state index contributed by atoms with van der Waals surface area (Å²) in [5, 5.41) is 1.01. The number of hydrogen-bond acceptors (Lipinski definition) is 1. The van der Waals surface area contributed by atoms with Crippen molar-refractivity contribution in [2.24, 2.45) is 5.92 Å². The van der Waals surface area contributed by atoms with E-state index in [1.165, 1.54) is 0 Å². The van der Waals surface area contributed by atoms with Gasteiger partial charge in [-0.3, -0.25) is 4.79 Å². The quantitative estimate of drug-likeness (QED) is 0.591. The van der Waals surface area contributed by atoms with Gasteiger partial charge in [-0.25, -0.2) is 0 Å². The van der Waals surface area contributed by atoms with Crippen LogP contribution in [0.1, 0.15) is 6.42 Å². The highest BCUT2D eigenvalue weighted by Crippen LogP contribution is 2.36. The fraction of sp³-hybridized carbons (Fsp3) is 0.250. The lowest BCUT2D eigenvalue weighted by Crippen LogP contribution is -2.24. The molecule has 0 aliphatic carbocycles. The van der Waals surface area contributed by atoms with Crippen molar-refractivity contribution in [1.82, 2.24) is 0 Å². The summed E-state index contributed by atoms with van der Waals surface area (Å²) in [6, 6.07) is 3.30. The van der Waals surface area contributed by atoms with E-state index >= 15 is 0 Å². The van der Waals surface area contributed by atoms with Gasteiger partial charge in [0.05, 0.1) is 15.1 Å². The number of benzene rings is 1. The smallest absolute Gasteiger partial charge is 0.227 e.